The van der Waals surface area contributed by atoms with Crippen LogP contribution in [0.3, 0.4) is 0 Å². The van der Waals surface area contributed by atoms with Crippen molar-refractivity contribution in [2.24, 2.45) is 0 Å². The van der Waals surface area contributed by atoms with E-state index in [1.165, 1.54) is 6.07 Å². The van der Waals surface area contributed by atoms with E-state index in [9.17, 15) is 10.2 Å². The highest BCUT2D eigenvalue weighted by Crippen LogP contribution is 2.25. The normalized spacial score (nSPS) is 17.5. The van der Waals surface area contributed by atoms with Gasteiger partial charge in [-0.25, -0.2) is 5.43 Å². The minimum absolute atomic E-state index is 0.0343. The standard InChI is InChI=1S/C16H17N3O2S/c20-13-7-6-11(14(21)10-13)8-9-19-15(17-18-16(19)22)12-4-2-1-3-5-12/h1-7,10,15,17,20-21H,8-9H2,(H,18,22). The zero-order valence-electron chi connectivity index (χ0n) is 11.9. The van der Waals surface area contributed by atoms with E-state index >= 15 is 0 Å². The van der Waals surface area contributed by atoms with E-state index in [1.54, 1.807) is 12.1 Å². The molecule has 1 unspecified atom stereocenters. The number of phenols is 2. The van der Waals surface area contributed by atoms with Crippen molar-refractivity contribution in [1.29, 1.82) is 0 Å². The summed E-state index contributed by atoms with van der Waals surface area (Å²) >= 11 is 5.34. The van der Waals surface area contributed by atoms with Crippen LogP contribution in [0, 0.1) is 0 Å². The molecular weight excluding hydrogens is 298 g/mol. The molecule has 0 aromatic heterocycles. The summed E-state index contributed by atoms with van der Waals surface area (Å²) in [6.45, 7) is 0.650. The van der Waals surface area contributed by atoms with Crippen LogP contribution in [0.2, 0.25) is 0 Å². The fourth-order valence-corrected chi connectivity index (χ4v) is 2.79. The van der Waals surface area contributed by atoms with Crippen molar-refractivity contribution in [1.82, 2.24) is 15.8 Å². The Morgan fingerprint density at radius 2 is 1.86 bits per heavy atom. The SMILES string of the molecule is Oc1ccc(CCN2C(=S)NNC2c2ccccc2)c(O)c1. The third-order valence-electron chi connectivity index (χ3n) is 3.69. The van der Waals surface area contributed by atoms with Crippen LogP contribution in [0.25, 0.3) is 0 Å². The van der Waals surface area contributed by atoms with E-state index in [0.29, 0.717) is 18.1 Å². The molecule has 0 amide bonds. The molecule has 0 radical (unpaired) electrons. The van der Waals surface area contributed by atoms with Gasteiger partial charge in [-0.15, -0.1) is 0 Å². The molecule has 4 N–H and O–H groups in total. The summed E-state index contributed by atoms with van der Waals surface area (Å²) in [5.41, 5.74) is 8.04. The van der Waals surface area contributed by atoms with Gasteiger partial charge in [-0.3, -0.25) is 5.43 Å². The van der Waals surface area contributed by atoms with Crippen LogP contribution in [0.15, 0.2) is 48.5 Å². The molecule has 1 heterocycles. The number of hydrogen-bond donors (Lipinski definition) is 4. The van der Waals surface area contributed by atoms with E-state index in [4.69, 9.17) is 12.2 Å². The smallest absolute Gasteiger partial charge is 0.185 e. The average Bonchev–Trinajstić information content (AvgIpc) is 2.88. The largest absolute Gasteiger partial charge is 0.508 e. The Hall–Kier alpha value is -2.31. The Labute approximate surface area is 134 Å². The van der Waals surface area contributed by atoms with Gasteiger partial charge in [0.05, 0.1) is 0 Å². The lowest BCUT2D eigenvalue weighted by Crippen LogP contribution is -2.31. The monoisotopic (exact) mass is 315 g/mol. The number of nitrogens with one attached hydrogen (secondary N) is 2. The summed E-state index contributed by atoms with van der Waals surface area (Å²) in [7, 11) is 0. The Bertz CT molecular complexity index is 678. The maximum Gasteiger partial charge on any atom is 0.185 e. The number of aromatic hydroxyl groups is 2. The maximum atomic E-state index is 9.87. The average molecular weight is 315 g/mol. The number of nitrogens with zero attached hydrogens (tertiary/aromatic N) is 1. The molecule has 114 valence electrons. The second kappa shape index (κ2) is 6.21. The molecule has 1 saturated heterocycles. The van der Waals surface area contributed by atoms with Crippen LogP contribution in [-0.2, 0) is 6.42 Å². The van der Waals surface area contributed by atoms with Crippen molar-refractivity contribution in [2.45, 2.75) is 12.6 Å². The van der Waals surface area contributed by atoms with E-state index in [-0.39, 0.29) is 17.7 Å². The molecule has 0 saturated carbocycles. The molecule has 3 rings (SSSR count). The van der Waals surface area contributed by atoms with Crippen molar-refractivity contribution >= 4 is 17.3 Å². The summed E-state index contributed by atoms with van der Waals surface area (Å²) in [4.78, 5) is 2.04. The summed E-state index contributed by atoms with van der Waals surface area (Å²) in [5, 5.41) is 19.8. The fraction of sp³-hybridized carbons (Fsp3) is 0.188. The maximum absolute atomic E-state index is 9.87. The summed E-state index contributed by atoms with van der Waals surface area (Å²) in [5.74, 6) is 0.158. The lowest BCUT2D eigenvalue weighted by atomic mass is 10.1. The highest BCUT2D eigenvalue weighted by atomic mass is 32.1. The molecule has 22 heavy (non-hydrogen) atoms. The zero-order valence-corrected chi connectivity index (χ0v) is 12.7. The van der Waals surface area contributed by atoms with Gasteiger partial charge in [0.25, 0.3) is 0 Å². The van der Waals surface area contributed by atoms with Crippen LogP contribution in [-0.4, -0.2) is 26.8 Å². The second-order valence-electron chi connectivity index (χ2n) is 5.14. The van der Waals surface area contributed by atoms with Crippen LogP contribution >= 0.6 is 12.2 Å². The van der Waals surface area contributed by atoms with Gasteiger partial charge in [0.2, 0.25) is 0 Å². The first-order valence-electron chi connectivity index (χ1n) is 7.03. The van der Waals surface area contributed by atoms with E-state index in [1.807, 2.05) is 35.2 Å². The van der Waals surface area contributed by atoms with Gasteiger partial charge in [-0.1, -0.05) is 36.4 Å². The van der Waals surface area contributed by atoms with Gasteiger partial charge in [-0.05, 0) is 35.8 Å². The topological polar surface area (TPSA) is 67.8 Å². The lowest BCUT2D eigenvalue weighted by molar-refractivity contribution is 0.317. The molecule has 0 aliphatic carbocycles. The predicted octanol–water partition coefficient (Wildman–Crippen LogP) is 2.03. The minimum Gasteiger partial charge on any atom is -0.508 e. The Kier molecular flexibility index (Phi) is 4.13. The Morgan fingerprint density at radius 1 is 1.09 bits per heavy atom. The summed E-state index contributed by atoms with van der Waals surface area (Å²) in [6, 6.07) is 14.7. The first kappa shape index (κ1) is 14.6. The lowest BCUT2D eigenvalue weighted by Gasteiger charge is -2.24. The van der Waals surface area contributed by atoms with Crippen LogP contribution in [0.4, 0.5) is 0 Å². The first-order chi connectivity index (χ1) is 10.6. The van der Waals surface area contributed by atoms with Gasteiger partial charge in [0.15, 0.2) is 5.11 Å². The van der Waals surface area contributed by atoms with E-state index < -0.39 is 0 Å². The van der Waals surface area contributed by atoms with Gasteiger partial charge in [0, 0.05) is 12.6 Å². The third kappa shape index (κ3) is 2.98. The molecule has 1 aliphatic heterocycles. The molecule has 1 aliphatic rings. The number of phenolic OH excluding ortho intramolecular Hbond substituents is 2. The van der Waals surface area contributed by atoms with Gasteiger partial charge in [-0.2, -0.15) is 0 Å². The molecule has 2 aromatic carbocycles. The first-order valence-corrected chi connectivity index (χ1v) is 7.44. The number of benzene rings is 2. The van der Waals surface area contributed by atoms with Crippen molar-refractivity contribution in [2.75, 3.05) is 6.54 Å². The Balaban J connectivity index is 1.73. The summed E-state index contributed by atoms with van der Waals surface area (Å²) < 4.78 is 0. The Morgan fingerprint density at radius 3 is 2.59 bits per heavy atom. The third-order valence-corrected chi connectivity index (χ3v) is 4.03. The number of hydrazine groups is 1. The molecule has 0 bridgehead atoms. The zero-order chi connectivity index (χ0) is 15.5. The van der Waals surface area contributed by atoms with Crippen LogP contribution in [0.5, 0.6) is 11.5 Å². The summed E-state index contributed by atoms with van der Waals surface area (Å²) in [6.07, 6.45) is 0.590. The molecule has 0 spiro atoms. The highest BCUT2D eigenvalue weighted by molar-refractivity contribution is 7.80. The van der Waals surface area contributed by atoms with E-state index in [0.717, 1.165) is 11.1 Å². The minimum atomic E-state index is -0.0343. The quantitative estimate of drug-likeness (QED) is 0.648. The van der Waals surface area contributed by atoms with Crippen LogP contribution in [0.1, 0.15) is 17.3 Å². The van der Waals surface area contributed by atoms with E-state index in [2.05, 4.69) is 10.9 Å². The molecular formula is C16H17N3O2S. The number of hydrogen-bond acceptors (Lipinski definition) is 4. The molecule has 1 fully saturated rings. The van der Waals surface area contributed by atoms with Crippen molar-refractivity contribution in [3.05, 3.63) is 59.7 Å². The van der Waals surface area contributed by atoms with Gasteiger partial charge >= 0.3 is 0 Å². The van der Waals surface area contributed by atoms with Gasteiger partial charge in [0.1, 0.15) is 17.7 Å². The van der Waals surface area contributed by atoms with Crippen molar-refractivity contribution < 1.29 is 10.2 Å². The second-order valence-corrected chi connectivity index (χ2v) is 5.53. The number of thiocarbonyl (C=S) groups is 1. The molecule has 1 atom stereocenters. The molecule has 6 heteroatoms. The fourth-order valence-electron chi connectivity index (χ4n) is 2.53. The predicted molar refractivity (Wildman–Crippen MR) is 88.2 cm³/mol. The van der Waals surface area contributed by atoms with Crippen molar-refractivity contribution in [3.8, 4) is 11.5 Å². The highest BCUT2D eigenvalue weighted by Gasteiger charge is 2.28. The van der Waals surface area contributed by atoms with Gasteiger partial charge < -0.3 is 15.1 Å². The molecule has 2 aromatic rings. The molecule has 5 nitrogen and oxygen atoms in total. The van der Waals surface area contributed by atoms with Crippen molar-refractivity contribution in [3.63, 3.8) is 0 Å². The number of rotatable bonds is 4. The van der Waals surface area contributed by atoms with Crippen LogP contribution < -0.4 is 10.9 Å².